The summed E-state index contributed by atoms with van der Waals surface area (Å²) >= 11 is 0. The summed E-state index contributed by atoms with van der Waals surface area (Å²) in [6.07, 6.45) is 2.11. The van der Waals surface area contributed by atoms with Gasteiger partial charge in [0.05, 0.1) is 0 Å². The van der Waals surface area contributed by atoms with Crippen molar-refractivity contribution in [3.63, 3.8) is 0 Å². The van der Waals surface area contributed by atoms with Crippen molar-refractivity contribution in [3.8, 4) is 0 Å². The first-order valence-electron chi connectivity index (χ1n) is 3.93. The van der Waals surface area contributed by atoms with E-state index in [9.17, 15) is 0 Å². The summed E-state index contributed by atoms with van der Waals surface area (Å²) in [6, 6.07) is 0. The van der Waals surface area contributed by atoms with Crippen LogP contribution in [0, 0.1) is 0 Å². The third kappa shape index (κ3) is 3.82. The number of hydrogen-bond donors (Lipinski definition) is 0. The average molecular weight is 150 g/mol. The molecule has 0 bridgehead atoms. The molecule has 0 saturated carbocycles. The van der Waals surface area contributed by atoms with Crippen molar-refractivity contribution in [2.24, 2.45) is 0 Å². The van der Waals surface area contributed by atoms with Crippen LogP contribution < -0.4 is 0 Å². The van der Waals surface area contributed by atoms with E-state index < -0.39 is 0 Å². The van der Waals surface area contributed by atoms with E-state index in [1.165, 1.54) is 16.7 Å². The van der Waals surface area contributed by atoms with Crippen LogP contribution in [0.4, 0.5) is 0 Å². The molecule has 0 spiro atoms. The van der Waals surface area contributed by atoms with E-state index in [0.717, 1.165) is 5.57 Å². The van der Waals surface area contributed by atoms with Gasteiger partial charge in [-0.3, -0.25) is 0 Å². The molecule has 0 fully saturated rings. The number of rotatable bonds is 2. The second-order valence-corrected chi connectivity index (χ2v) is 3.30. The van der Waals surface area contributed by atoms with Gasteiger partial charge in [0.1, 0.15) is 0 Å². The highest BCUT2D eigenvalue weighted by Crippen LogP contribution is 2.14. The molecule has 0 aromatic carbocycles. The molecule has 0 aromatic rings. The van der Waals surface area contributed by atoms with E-state index >= 15 is 0 Å². The Hall–Kier alpha value is -0.780. The van der Waals surface area contributed by atoms with Gasteiger partial charge in [-0.05, 0) is 45.8 Å². The Morgan fingerprint density at radius 3 is 1.73 bits per heavy atom. The van der Waals surface area contributed by atoms with Gasteiger partial charge in [0.25, 0.3) is 0 Å². The zero-order valence-electron chi connectivity index (χ0n) is 8.28. The molecule has 0 heterocycles. The highest BCUT2D eigenvalue weighted by Gasteiger charge is 1.93. The zero-order valence-corrected chi connectivity index (χ0v) is 8.28. The summed E-state index contributed by atoms with van der Waals surface area (Å²) in [7, 11) is 0. The normalized spacial score (nSPS) is 11.2. The molecule has 0 aliphatic heterocycles. The largest absolute Gasteiger partial charge is 0.0961 e. The van der Waals surface area contributed by atoms with Crippen LogP contribution in [0.2, 0.25) is 0 Å². The maximum Gasteiger partial charge on any atom is -0.0395 e. The highest BCUT2D eigenvalue weighted by molar-refractivity contribution is 5.35. The van der Waals surface area contributed by atoms with Gasteiger partial charge in [0, 0.05) is 0 Å². The van der Waals surface area contributed by atoms with Crippen LogP contribution in [-0.2, 0) is 0 Å². The summed E-state index contributed by atoms with van der Waals surface area (Å²) in [6.45, 7) is 14.4. The van der Waals surface area contributed by atoms with Gasteiger partial charge in [-0.15, -0.1) is 0 Å². The van der Waals surface area contributed by atoms with Gasteiger partial charge in [0.2, 0.25) is 0 Å². The Balaban J connectivity index is 4.63. The third-order valence-electron chi connectivity index (χ3n) is 1.80. The van der Waals surface area contributed by atoms with Gasteiger partial charge in [0.15, 0.2) is 0 Å². The predicted molar refractivity (Wildman–Crippen MR) is 52.6 cm³/mol. The SMILES string of the molecule is C=C(C)/C=C(/C)C(C)=C(C)C. The Bertz CT molecular complexity index is 210. The molecule has 62 valence electrons. The summed E-state index contributed by atoms with van der Waals surface area (Å²) in [5.74, 6) is 0. The topological polar surface area (TPSA) is 0 Å². The second-order valence-electron chi connectivity index (χ2n) is 3.30. The molecule has 0 N–H and O–H groups in total. The molecule has 0 unspecified atom stereocenters. The minimum absolute atomic E-state index is 1.11. The number of hydrogen-bond acceptors (Lipinski definition) is 0. The fraction of sp³-hybridized carbons (Fsp3) is 0.455. The third-order valence-corrected chi connectivity index (χ3v) is 1.80. The fourth-order valence-electron chi connectivity index (χ4n) is 0.872. The summed E-state index contributed by atoms with van der Waals surface area (Å²) in [5.41, 5.74) is 5.17. The van der Waals surface area contributed by atoms with Crippen molar-refractivity contribution in [1.29, 1.82) is 0 Å². The van der Waals surface area contributed by atoms with Crippen molar-refractivity contribution in [2.75, 3.05) is 0 Å². The molecular weight excluding hydrogens is 132 g/mol. The van der Waals surface area contributed by atoms with E-state index in [0.29, 0.717) is 0 Å². The standard InChI is InChI=1S/C11H18/c1-8(2)7-10(5)11(6)9(3)4/h7H,1H2,2-6H3/b10-7-. The van der Waals surface area contributed by atoms with Crippen LogP contribution in [0.25, 0.3) is 0 Å². The van der Waals surface area contributed by atoms with Gasteiger partial charge in [-0.2, -0.15) is 0 Å². The van der Waals surface area contributed by atoms with Crippen LogP contribution in [-0.4, -0.2) is 0 Å². The molecule has 0 nitrogen and oxygen atoms in total. The lowest BCUT2D eigenvalue weighted by Gasteiger charge is -2.03. The predicted octanol–water partition coefficient (Wildman–Crippen LogP) is 3.87. The maximum atomic E-state index is 3.84. The maximum absolute atomic E-state index is 3.84. The zero-order chi connectivity index (χ0) is 9.02. The molecular formula is C11H18. The van der Waals surface area contributed by atoms with Gasteiger partial charge < -0.3 is 0 Å². The molecule has 0 heteroatoms. The minimum atomic E-state index is 1.11. The lowest BCUT2D eigenvalue weighted by Crippen LogP contribution is -1.83. The van der Waals surface area contributed by atoms with Crippen LogP contribution in [0.3, 0.4) is 0 Å². The van der Waals surface area contributed by atoms with Gasteiger partial charge in [-0.1, -0.05) is 23.8 Å². The van der Waals surface area contributed by atoms with E-state index in [2.05, 4.69) is 40.3 Å². The first-order chi connectivity index (χ1) is 4.95. The molecule has 0 saturated heterocycles. The smallest absolute Gasteiger partial charge is 0.0395 e. The van der Waals surface area contributed by atoms with Crippen molar-refractivity contribution in [2.45, 2.75) is 34.6 Å². The highest BCUT2D eigenvalue weighted by atomic mass is 14.0. The quantitative estimate of drug-likeness (QED) is 0.524. The van der Waals surface area contributed by atoms with E-state index in [1.807, 2.05) is 6.92 Å². The van der Waals surface area contributed by atoms with E-state index in [1.54, 1.807) is 0 Å². The summed E-state index contributed by atoms with van der Waals surface area (Å²) in [5, 5.41) is 0. The molecule has 0 atom stereocenters. The molecule has 0 amide bonds. The summed E-state index contributed by atoms with van der Waals surface area (Å²) < 4.78 is 0. The van der Waals surface area contributed by atoms with Crippen molar-refractivity contribution in [1.82, 2.24) is 0 Å². The lowest BCUT2D eigenvalue weighted by atomic mass is 10.0. The van der Waals surface area contributed by atoms with Crippen molar-refractivity contribution in [3.05, 3.63) is 34.9 Å². The molecule has 0 radical (unpaired) electrons. The molecule has 0 aliphatic rings. The van der Waals surface area contributed by atoms with E-state index in [-0.39, 0.29) is 0 Å². The molecule has 0 rings (SSSR count). The first kappa shape index (κ1) is 10.2. The average Bonchev–Trinajstić information content (AvgIpc) is 1.84. The molecule has 11 heavy (non-hydrogen) atoms. The minimum Gasteiger partial charge on any atom is -0.0961 e. The second kappa shape index (κ2) is 4.17. The van der Waals surface area contributed by atoms with Crippen LogP contribution in [0.1, 0.15) is 34.6 Å². The molecule has 0 aromatic heterocycles. The van der Waals surface area contributed by atoms with Crippen LogP contribution >= 0.6 is 0 Å². The van der Waals surface area contributed by atoms with Crippen LogP contribution in [0.5, 0.6) is 0 Å². The Labute approximate surface area is 70.3 Å². The van der Waals surface area contributed by atoms with E-state index in [4.69, 9.17) is 0 Å². The van der Waals surface area contributed by atoms with Crippen LogP contribution in [0.15, 0.2) is 34.9 Å². The fourth-order valence-corrected chi connectivity index (χ4v) is 0.872. The van der Waals surface area contributed by atoms with Gasteiger partial charge >= 0.3 is 0 Å². The Kier molecular flexibility index (Phi) is 3.88. The van der Waals surface area contributed by atoms with Gasteiger partial charge in [-0.25, -0.2) is 0 Å². The van der Waals surface area contributed by atoms with Crippen molar-refractivity contribution < 1.29 is 0 Å². The monoisotopic (exact) mass is 150 g/mol. The lowest BCUT2D eigenvalue weighted by molar-refractivity contribution is 1.22. The first-order valence-corrected chi connectivity index (χ1v) is 3.93. The summed E-state index contributed by atoms with van der Waals surface area (Å²) in [4.78, 5) is 0. The van der Waals surface area contributed by atoms with Crippen molar-refractivity contribution >= 4 is 0 Å². The molecule has 0 aliphatic carbocycles. The Morgan fingerprint density at radius 1 is 1.00 bits per heavy atom. The Morgan fingerprint density at radius 2 is 1.45 bits per heavy atom. The number of allylic oxidation sites excluding steroid dienone is 5.